The van der Waals surface area contributed by atoms with E-state index in [9.17, 15) is 4.79 Å². The number of guanidine groups is 1. The van der Waals surface area contributed by atoms with Crippen LogP contribution < -0.4 is 10.6 Å². The third-order valence-electron chi connectivity index (χ3n) is 3.77. The van der Waals surface area contributed by atoms with Gasteiger partial charge in [0.25, 0.3) is 5.91 Å². The lowest BCUT2D eigenvalue weighted by Gasteiger charge is -2.22. The lowest BCUT2D eigenvalue weighted by Crippen LogP contribution is -2.38. The third-order valence-corrected chi connectivity index (χ3v) is 4.30. The number of hydrogen-bond donors (Lipinski definition) is 2. The molecule has 0 aliphatic rings. The van der Waals surface area contributed by atoms with E-state index in [0.29, 0.717) is 12.1 Å². The molecule has 0 aliphatic carbocycles. The summed E-state index contributed by atoms with van der Waals surface area (Å²) >= 11 is 3.45. The van der Waals surface area contributed by atoms with Crippen molar-refractivity contribution in [2.24, 2.45) is 4.99 Å². The summed E-state index contributed by atoms with van der Waals surface area (Å²) < 4.78 is 1.07. The number of aliphatic imine (C=N–C) groups is 1. The molecule has 2 rings (SSSR count). The predicted octanol–water partition coefficient (Wildman–Crippen LogP) is 3.02. The third kappa shape index (κ3) is 5.60. The first-order chi connectivity index (χ1) is 12.0. The van der Waals surface area contributed by atoms with Crippen LogP contribution in [0.1, 0.15) is 21.5 Å². The molecule has 0 radical (unpaired) electrons. The molecule has 0 aliphatic heterocycles. The molecule has 1 amide bonds. The maximum absolute atomic E-state index is 11.7. The average Bonchev–Trinajstić information content (AvgIpc) is 2.63. The summed E-state index contributed by atoms with van der Waals surface area (Å²) in [6, 6.07) is 15.8. The number of benzene rings is 2. The smallest absolute Gasteiger partial charge is 0.251 e. The Balaban J connectivity index is 1.97. The van der Waals surface area contributed by atoms with Crippen LogP contribution >= 0.6 is 15.9 Å². The van der Waals surface area contributed by atoms with Crippen molar-refractivity contribution in [2.75, 3.05) is 21.1 Å². The van der Waals surface area contributed by atoms with Gasteiger partial charge in [0.15, 0.2) is 5.96 Å². The molecule has 25 heavy (non-hydrogen) atoms. The number of hydrogen-bond acceptors (Lipinski definition) is 2. The minimum atomic E-state index is -0.0846. The van der Waals surface area contributed by atoms with Crippen LogP contribution in [0.15, 0.2) is 58.0 Å². The predicted molar refractivity (Wildman–Crippen MR) is 106 cm³/mol. The van der Waals surface area contributed by atoms with Gasteiger partial charge < -0.3 is 15.5 Å². The Morgan fingerprint density at radius 3 is 2.52 bits per heavy atom. The Labute approximate surface area is 157 Å². The van der Waals surface area contributed by atoms with E-state index in [1.165, 1.54) is 5.56 Å². The van der Waals surface area contributed by atoms with Crippen molar-refractivity contribution in [1.82, 2.24) is 15.5 Å². The fraction of sp³-hybridized carbons (Fsp3) is 0.263. The van der Waals surface area contributed by atoms with Gasteiger partial charge in [0.05, 0.1) is 0 Å². The Morgan fingerprint density at radius 2 is 1.88 bits per heavy atom. The highest BCUT2D eigenvalue weighted by atomic mass is 79.9. The number of nitrogens with zero attached hydrogens (tertiary/aromatic N) is 2. The molecule has 0 heterocycles. The van der Waals surface area contributed by atoms with Gasteiger partial charge >= 0.3 is 0 Å². The van der Waals surface area contributed by atoms with Crippen molar-refractivity contribution in [3.05, 3.63) is 69.7 Å². The molecule has 0 atom stereocenters. The molecule has 0 bridgehead atoms. The fourth-order valence-electron chi connectivity index (χ4n) is 2.47. The Bertz CT molecular complexity index is 743. The minimum Gasteiger partial charge on any atom is -0.355 e. The zero-order valence-electron chi connectivity index (χ0n) is 14.7. The topological polar surface area (TPSA) is 56.7 Å². The SMILES string of the molecule is CN=C(NCc1cccc(C(=O)NC)c1)N(C)Cc1ccc(Br)cc1. The van der Waals surface area contributed by atoms with E-state index >= 15 is 0 Å². The number of rotatable bonds is 5. The molecule has 0 spiro atoms. The lowest BCUT2D eigenvalue weighted by molar-refractivity contribution is 0.0963. The zero-order valence-corrected chi connectivity index (χ0v) is 16.3. The number of amides is 1. The first-order valence-electron chi connectivity index (χ1n) is 8.00. The summed E-state index contributed by atoms with van der Waals surface area (Å²) in [6.07, 6.45) is 0. The van der Waals surface area contributed by atoms with Gasteiger partial charge in [-0.1, -0.05) is 40.2 Å². The Hall–Kier alpha value is -2.34. The summed E-state index contributed by atoms with van der Waals surface area (Å²) in [4.78, 5) is 18.1. The van der Waals surface area contributed by atoms with Gasteiger partial charge in [-0.3, -0.25) is 9.79 Å². The highest BCUT2D eigenvalue weighted by molar-refractivity contribution is 9.10. The summed E-state index contributed by atoms with van der Waals surface area (Å²) in [5.74, 6) is 0.715. The summed E-state index contributed by atoms with van der Waals surface area (Å²) in [7, 11) is 5.39. The zero-order chi connectivity index (χ0) is 18.2. The van der Waals surface area contributed by atoms with Crippen molar-refractivity contribution >= 4 is 27.8 Å². The van der Waals surface area contributed by atoms with Crippen molar-refractivity contribution in [3.8, 4) is 0 Å². The maximum Gasteiger partial charge on any atom is 0.251 e. The lowest BCUT2D eigenvalue weighted by atomic mass is 10.1. The molecular formula is C19H23BrN4O. The second-order valence-electron chi connectivity index (χ2n) is 5.66. The van der Waals surface area contributed by atoms with E-state index in [4.69, 9.17) is 0 Å². The molecule has 2 aromatic carbocycles. The van der Waals surface area contributed by atoms with Crippen molar-refractivity contribution < 1.29 is 4.79 Å². The van der Waals surface area contributed by atoms with E-state index < -0.39 is 0 Å². The molecule has 132 valence electrons. The molecule has 0 unspecified atom stereocenters. The van der Waals surface area contributed by atoms with Crippen molar-refractivity contribution in [1.29, 1.82) is 0 Å². The van der Waals surface area contributed by atoms with E-state index in [0.717, 1.165) is 22.5 Å². The summed E-state index contributed by atoms with van der Waals surface area (Å²) in [5.41, 5.74) is 2.88. The number of halogens is 1. The van der Waals surface area contributed by atoms with Gasteiger partial charge in [-0.2, -0.15) is 0 Å². The van der Waals surface area contributed by atoms with E-state index in [-0.39, 0.29) is 5.91 Å². The molecule has 0 fully saturated rings. The maximum atomic E-state index is 11.7. The van der Waals surface area contributed by atoms with Crippen LogP contribution in [0.2, 0.25) is 0 Å². The van der Waals surface area contributed by atoms with Crippen molar-refractivity contribution in [2.45, 2.75) is 13.1 Å². The Morgan fingerprint density at radius 1 is 1.16 bits per heavy atom. The first-order valence-corrected chi connectivity index (χ1v) is 8.80. The highest BCUT2D eigenvalue weighted by Gasteiger charge is 2.08. The first kappa shape index (κ1) is 19.0. The van der Waals surface area contributed by atoms with E-state index in [1.807, 2.05) is 37.4 Å². The number of carbonyl (C=O) groups excluding carboxylic acids is 1. The average molecular weight is 403 g/mol. The molecule has 6 heteroatoms. The van der Waals surface area contributed by atoms with Gasteiger partial charge in [-0.15, -0.1) is 0 Å². The van der Waals surface area contributed by atoms with Gasteiger partial charge in [0.1, 0.15) is 0 Å². The van der Waals surface area contributed by atoms with E-state index in [1.54, 1.807) is 20.2 Å². The minimum absolute atomic E-state index is 0.0846. The molecular weight excluding hydrogens is 380 g/mol. The quantitative estimate of drug-likeness (QED) is 0.596. The molecule has 0 saturated heterocycles. The second kappa shape index (κ2) is 9.22. The highest BCUT2D eigenvalue weighted by Crippen LogP contribution is 2.12. The molecule has 0 saturated carbocycles. The summed E-state index contributed by atoms with van der Waals surface area (Å²) in [5, 5.41) is 5.98. The van der Waals surface area contributed by atoms with Gasteiger partial charge in [0.2, 0.25) is 0 Å². The monoisotopic (exact) mass is 402 g/mol. The van der Waals surface area contributed by atoms with Crippen LogP contribution in [0.3, 0.4) is 0 Å². The summed E-state index contributed by atoms with van der Waals surface area (Å²) in [6.45, 7) is 1.35. The van der Waals surface area contributed by atoms with Crippen LogP contribution in [0.4, 0.5) is 0 Å². The molecule has 2 N–H and O–H groups in total. The van der Waals surface area contributed by atoms with Crippen LogP contribution in [-0.4, -0.2) is 37.9 Å². The number of carbonyl (C=O) groups is 1. The molecule has 0 aromatic heterocycles. The van der Waals surface area contributed by atoms with Crippen LogP contribution in [0.25, 0.3) is 0 Å². The standard InChI is InChI=1S/C19H23BrN4O/c1-21-18(25)16-6-4-5-15(11-16)12-23-19(22-2)24(3)13-14-7-9-17(20)10-8-14/h4-11H,12-13H2,1-3H3,(H,21,25)(H,22,23). The second-order valence-corrected chi connectivity index (χ2v) is 6.58. The molecule has 5 nitrogen and oxygen atoms in total. The van der Waals surface area contributed by atoms with Crippen LogP contribution in [-0.2, 0) is 13.1 Å². The molecule has 2 aromatic rings. The fourth-order valence-corrected chi connectivity index (χ4v) is 2.74. The van der Waals surface area contributed by atoms with Gasteiger partial charge in [0, 0.05) is 44.3 Å². The van der Waals surface area contributed by atoms with Crippen molar-refractivity contribution in [3.63, 3.8) is 0 Å². The van der Waals surface area contributed by atoms with Crippen LogP contribution in [0.5, 0.6) is 0 Å². The largest absolute Gasteiger partial charge is 0.355 e. The Kier molecular flexibility index (Phi) is 7.01. The van der Waals surface area contributed by atoms with Gasteiger partial charge in [-0.05, 0) is 35.4 Å². The van der Waals surface area contributed by atoms with Crippen LogP contribution in [0, 0.1) is 0 Å². The van der Waals surface area contributed by atoms with E-state index in [2.05, 4.69) is 48.6 Å². The normalized spacial score (nSPS) is 11.1. The number of nitrogens with one attached hydrogen (secondary N) is 2. The van der Waals surface area contributed by atoms with Gasteiger partial charge in [-0.25, -0.2) is 0 Å².